The first-order chi connectivity index (χ1) is 11.3. The van der Waals surface area contributed by atoms with Crippen molar-refractivity contribution in [3.8, 4) is 0 Å². The fourth-order valence-electron chi connectivity index (χ4n) is 3.03. The maximum Gasteiger partial charge on any atom is 0.433 e. The highest BCUT2D eigenvalue weighted by atomic mass is 19.4. The number of aryl methyl sites for hydroxylation is 2. The zero-order valence-corrected chi connectivity index (χ0v) is 13.6. The van der Waals surface area contributed by atoms with Gasteiger partial charge in [-0.1, -0.05) is 0 Å². The molecular formula is C15H19F3N6. The van der Waals surface area contributed by atoms with Gasteiger partial charge in [0.15, 0.2) is 0 Å². The van der Waals surface area contributed by atoms with Crippen molar-refractivity contribution in [1.29, 1.82) is 0 Å². The van der Waals surface area contributed by atoms with E-state index in [1.165, 1.54) is 6.20 Å². The number of halogens is 3. The quantitative estimate of drug-likeness (QED) is 0.860. The van der Waals surface area contributed by atoms with E-state index in [0.29, 0.717) is 18.9 Å². The van der Waals surface area contributed by atoms with Gasteiger partial charge in [-0.25, -0.2) is 19.6 Å². The summed E-state index contributed by atoms with van der Waals surface area (Å²) in [5, 5.41) is 4.35. The summed E-state index contributed by atoms with van der Waals surface area (Å²) < 4.78 is 40.5. The van der Waals surface area contributed by atoms with Gasteiger partial charge in [-0.05, 0) is 39.2 Å². The fraction of sp³-hybridized carbons (Fsp3) is 0.600. The highest BCUT2D eigenvalue weighted by Crippen LogP contribution is 2.29. The third-order valence-electron chi connectivity index (χ3n) is 4.16. The molecule has 2 aromatic heterocycles. The van der Waals surface area contributed by atoms with Gasteiger partial charge in [0.25, 0.3) is 0 Å². The maximum atomic E-state index is 12.9. The minimum atomic E-state index is -4.47. The zero-order valence-electron chi connectivity index (χ0n) is 13.6. The molecule has 0 saturated carbocycles. The predicted molar refractivity (Wildman–Crippen MR) is 81.5 cm³/mol. The molecule has 1 fully saturated rings. The number of alkyl halides is 3. The molecule has 0 N–H and O–H groups in total. The lowest BCUT2D eigenvalue weighted by molar-refractivity contribution is -0.141. The van der Waals surface area contributed by atoms with Gasteiger partial charge in [-0.15, -0.1) is 0 Å². The standard InChI is InChI=1S/C15H19F3N6/c1-10-20-11(2)24(22-10)9-12-5-3-4-8-23(12)14-19-7-6-13(21-14)15(16,17)18/h6-7,12H,3-5,8-9H2,1-2H3/t12-/m0/s1. The second-order valence-corrected chi connectivity index (χ2v) is 5.97. The van der Waals surface area contributed by atoms with E-state index in [4.69, 9.17) is 0 Å². The molecular weight excluding hydrogens is 321 g/mol. The summed E-state index contributed by atoms with van der Waals surface area (Å²) in [5.74, 6) is 1.61. The molecule has 0 aliphatic carbocycles. The summed E-state index contributed by atoms with van der Waals surface area (Å²) in [6, 6.07) is 0.898. The van der Waals surface area contributed by atoms with Crippen LogP contribution in [0.2, 0.25) is 0 Å². The lowest BCUT2D eigenvalue weighted by atomic mass is 10.0. The number of piperidine rings is 1. The molecule has 3 rings (SSSR count). The largest absolute Gasteiger partial charge is 0.433 e. The average Bonchev–Trinajstić information content (AvgIpc) is 2.85. The Balaban J connectivity index is 1.86. The van der Waals surface area contributed by atoms with E-state index in [-0.39, 0.29) is 12.0 Å². The summed E-state index contributed by atoms with van der Waals surface area (Å²) in [6.07, 6.45) is -0.513. The number of aromatic nitrogens is 5. The first kappa shape index (κ1) is 16.7. The minimum absolute atomic E-state index is 0.00188. The summed E-state index contributed by atoms with van der Waals surface area (Å²) in [7, 11) is 0. The van der Waals surface area contributed by atoms with Crippen LogP contribution in [0.4, 0.5) is 19.1 Å². The van der Waals surface area contributed by atoms with Gasteiger partial charge in [0.1, 0.15) is 17.3 Å². The van der Waals surface area contributed by atoms with Crippen LogP contribution >= 0.6 is 0 Å². The van der Waals surface area contributed by atoms with Crippen LogP contribution in [0.1, 0.15) is 36.6 Å². The molecule has 0 amide bonds. The monoisotopic (exact) mass is 340 g/mol. The molecule has 1 saturated heterocycles. The van der Waals surface area contributed by atoms with Crippen molar-refractivity contribution in [2.24, 2.45) is 0 Å². The molecule has 24 heavy (non-hydrogen) atoms. The molecule has 1 aliphatic heterocycles. The Morgan fingerprint density at radius 1 is 1.21 bits per heavy atom. The van der Waals surface area contributed by atoms with Crippen molar-refractivity contribution >= 4 is 5.95 Å². The van der Waals surface area contributed by atoms with Crippen LogP contribution in [0.25, 0.3) is 0 Å². The SMILES string of the molecule is Cc1nc(C)n(C[C@@H]2CCCCN2c2nccc(C(F)(F)F)n2)n1. The Hall–Kier alpha value is -2.19. The molecule has 1 aliphatic rings. The van der Waals surface area contributed by atoms with Crippen LogP contribution in [0.3, 0.4) is 0 Å². The van der Waals surface area contributed by atoms with Gasteiger partial charge in [-0.2, -0.15) is 18.3 Å². The smallest absolute Gasteiger partial charge is 0.336 e. The highest BCUT2D eigenvalue weighted by molar-refractivity contribution is 5.33. The summed E-state index contributed by atoms with van der Waals surface area (Å²) in [4.78, 5) is 13.9. The number of hydrogen-bond acceptors (Lipinski definition) is 5. The molecule has 0 unspecified atom stereocenters. The summed E-state index contributed by atoms with van der Waals surface area (Å²) in [5.41, 5.74) is -0.912. The van der Waals surface area contributed by atoms with Gasteiger partial charge in [0.2, 0.25) is 5.95 Å². The first-order valence-electron chi connectivity index (χ1n) is 7.89. The number of rotatable bonds is 3. The molecule has 0 aromatic carbocycles. The Kier molecular flexibility index (Phi) is 4.42. The van der Waals surface area contributed by atoms with E-state index in [0.717, 1.165) is 31.2 Å². The molecule has 2 aromatic rings. The van der Waals surface area contributed by atoms with E-state index in [1.807, 2.05) is 18.7 Å². The molecule has 9 heteroatoms. The normalized spacial score (nSPS) is 18.9. The molecule has 0 spiro atoms. The Labute approximate surface area is 137 Å². The topological polar surface area (TPSA) is 59.7 Å². The van der Waals surface area contributed by atoms with Crippen LogP contribution in [-0.4, -0.2) is 37.3 Å². The Morgan fingerprint density at radius 2 is 2.00 bits per heavy atom. The second kappa shape index (κ2) is 6.37. The van der Waals surface area contributed by atoms with Crippen molar-refractivity contribution in [2.45, 2.75) is 51.9 Å². The van der Waals surface area contributed by atoms with Crippen LogP contribution in [0.15, 0.2) is 12.3 Å². The number of nitrogens with zero attached hydrogens (tertiary/aromatic N) is 6. The fourth-order valence-corrected chi connectivity index (χ4v) is 3.03. The van der Waals surface area contributed by atoms with Crippen molar-refractivity contribution in [2.75, 3.05) is 11.4 Å². The third kappa shape index (κ3) is 3.49. The molecule has 6 nitrogen and oxygen atoms in total. The average molecular weight is 340 g/mol. The number of anilines is 1. The van der Waals surface area contributed by atoms with Crippen molar-refractivity contribution in [3.05, 3.63) is 29.6 Å². The van der Waals surface area contributed by atoms with Crippen LogP contribution < -0.4 is 4.90 Å². The highest BCUT2D eigenvalue weighted by Gasteiger charge is 2.34. The van der Waals surface area contributed by atoms with Crippen molar-refractivity contribution in [3.63, 3.8) is 0 Å². The van der Waals surface area contributed by atoms with Gasteiger partial charge in [0, 0.05) is 12.7 Å². The van der Waals surface area contributed by atoms with E-state index < -0.39 is 11.9 Å². The lowest BCUT2D eigenvalue weighted by Crippen LogP contribution is -2.43. The zero-order chi connectivity index (χ0) is 17.3. The summed E-state index contributed by atoms with van der Waals surface area (Å²) in [6.45, 7) is 4.89. The van der Waals surface area contributed by atoms with Gasteiger partial charge in [0.05, 0.1) is 12.6 Å². The van der Waals surface area contributed by atoms with E-state index in [9.17, 15) is 13.2 Å². The third-order valence-corrected chi connectivity index (χ3v) is 4.16. The molecule has 0 radical (unpaired) electrons. The van der Waals surface area contributed by atoms with Crippen LogP contribution in [-0.2, 0) is 12.7 Å². The molecule has 0 bridgehead atoms. The van der Waals surface area contributed by atoms with Crippen LogP contribution in [0.5, 0.6) is 0 Å². The van der Waals surface area contributed by atoms with Crippen molar-refractivity contribution in [1.82, 2.24) is 24.7 Å². The summed E-state index contributed by atoms with van der Waals surface area (Å²) >= 11 is 0. The first-order valence-corrected chi connectivity index (χ1v) is 7.89. The Morgan fingerprint density at radius 3 is 2.67 bits per heavy atom. The van der Waals surface area contributed by atoms with E-state index in [1.54, 1.807) is 4.68 Å². The molecule has 3 heterocycles. The van der Waals surface area contributed by atoms with Crippen molar-refractivity contribution < 1.29 is 13.2 Å². The number of hydrogen-bond donors (Lipinski definition) is 0. The molecule has 130 valence electrons. The van der Waals surface area contributed by atoms with Crippen LogP contribution in [0, 0.1) is 13.8 Å². The maximum absolute atomic E-state index is 12.9. The van der Waals surface area contributed by atoms with Gasteiger partial charge in [-0.3, -0.25) is 0 Å². The predicted octanol–water partition coefficient (Wildman–Crippen LogP) is 2.76. The van der Waals surface area contributed by atoms with E-state index in [2.05, 4.69) is 20.1 Å². The van der Waals surface area contributed by atoms with E-state index >= 15 is 0 Å². The van der Waals surface area contributed by atoms with Gasteiger partial charge < -0.3 is 4.90 Å². The van der Waals surface area contributed by atoms with Gasteiger partial charge >= 0.3 is 6.18 Å². The minimum Gasteiger partial charge on any atom is -0.336 e. The second-order valence-electron chi connectivity index (χ2n) is 5.97. The Bertz CT molecular complexity index is 711. The lowest BCUT2D eigenvalue weighted by Gasteiger charge is -2.35. The molecule has 1 atom stereocenters.